The Morgan fingerprint density at radius 3 is 1.63 bits per heavy atom. The van der Waals surface area contributed by atoms with Gasteiger partial charge in [-0.25, -0.2) is 3.63 Å². The van der Waals surface area contributed by atoms with Crippen molar-refractivity contribution in [3.63, 3.8) is 0 Å². The number of hydrogen-bond acceptors (Lipinski definition) is 3. The molecule has 0 saturated carbocycles. The van der Waals surface area contributed by atoms with E-state index in [2.05, 4.69) is 0 Å². The molecule has 0 fully saturated rings. The van der Waals surface area contributed by atoms with Crippen LogP contribution in [-0.4, -0.2) is 20.9 Å². The van der Waals surface area contributed by atoms with Crippen LogP contribution in [0.2, 0.25) is 0 Å². The molecule has 0 aliphatic carbocycles. The molecule has 0 aromatic heterocycles. The maximum atomic E-state index is 12.2. The smallest absolute Gasteiger partial charge is 0.212 e. The zero-order valence-electron chi connectivity index (χ0n) is 10.8. The minimum Gasteiger partial charge on any atom is -0.212 e. The van der Waals surface area contributed by atoms with Crippen molar-refractivity contribution in [2.45, 2.75) is 9.79 Å². The highest BCUT2D eigenvalue weighted by Gasteiger charge is 2.25. The molecule has 0 spiro atoms. The predicted octanol–water partition coefficient (Wildman–Crippen LogP) is 3.43. The van der Waals surface area contributed by atoms with Gasteiger partial charge in [-0.05, 0) is 36.8 Å². The molecular weight excluding hydrogens is 280 g/mol. The lowest BCUT2D eigenvalue weighted by Gasteiger charge is -2.30. The molecule has 0 N–H and O–H groups in total. The van der Waals surface area contributed by atoms with Gasteiger partial charge in [-0.15, -0.1) is 0 Å². The summed E-state index contributed by atoms with van der Waals surface area (Å²) in [5, 5.41) is 0. The highest BCUT2D eigenvalue weighted by molar-refractivity contribution is 8.32. The number of hydrogen-bond donors (Lipinski definition) is 0. The molecule has 0 saturated heterocycles. The molecule has 102 valence electrons. The molecule has 0 heterocycles. The summed E-state index contributed by atoms with van der Waals surface area (Å²) in [6, 6.07) is 17.6. The second kappa shape index (κ2) is 5.36. The molecule has 0 bridgehead atoms. The van der Waals surface area contributed by atoms with Crippen LogP contribution in [0.1, 0.15) is 0 Å². The van der Waals surface area contributed by atoms with Crippen molar-refractivity contribution in [3.05, 3.63) is 60.7 Å². The van der Waals surface area contributed by atoms with Gasteiger partial charge in [0, 0.05) is 4.90 Å². The molecule has 19 heavy (non-hydrogen) atoms. The Hall–Kier alpha value is -1.30. The third kappa shape index (κ3) is 3.37. The summed E-state index contributed by atoms with van der Waals surface area (Å²) >= 11 is 0. The van der Waals surface area contributed by atoms with E-state index in [9.17, 15) is 8.42 Å². The van der Waals surface area contributed by atoms with Crippen molar-refractivity contribution in [2.75, 3.05) is 12.5 Å². The molecule has 2 aromatic rings. The van der Waals surface area contributed by atoms with E-state index in [0.717, 1.165) is 4.90 Å². The predicted molar refractivity (Wildman–Crippen MR) is 78.9 cm³/mol. The summed E-state index contributed by atoms with van der Waals surface area (Å²) < 4.78 is 29.9. The monoisotopic (exact) mass is 296 g/mol. The molecule has 0 amide bonds. The van der Waals surface area contributed by atoms with Gasteiger partial charge in [0.15, 0.2) is 0 Å². The first-order chi connectivity index (χ1) is 8.92. The number of benzene rings is 2. The van der Waals surface area contributed by atoms with Gasteiger partial charge in [-0.1, -0.05) is 46.7 Å². The van der Waals surface area contributed by atoms with Crippen molar-refractivity contribution in [1.29, 1.82) is 0 Å². The van der Waals surface area contributed by atoms with Gasteiger partial charge in [0.25, 0.3) is 0 Å². The first kappa shape index (κ1) is 14.1. The second-order valence-electron chi connectivity index (χ2n) is 4.38. The van der Waals surface area contributed by atoms with E-state index in [1.54, 1.807) is 18.2 Å². The first-order valence-electron chi connectivity index (χ1n) is 5.71. The van der Waals surface area contributed by atoms with E-state index >= 15 is 0 Å². The highest BCUT2D eigenvalue weighted by atomic mass is 32.3. The third-order valence-corrected chi connectivity index (χ3v) is 6.94. The second-order valence-corrected chi connectivity index (χ2v) is 9.24. The quantitative estimate of drug-likeness (QED) is 0.868. The lowest BCUT2D eigenvalue weighted by Crippen LogP contribution is -2.10. The van der Waals surface area contributed by atoms with E-state index in [1.807, 2.05) is 42.8 Å². The molecule has 0 unspecified atom stereocenters. The van der Waals surface area contributed by atoms with E-state index in [-0.39, 0.29) is 4.90 Å². The van der Waals surface area contributed by atoms with Crippen LogP contribution in [0.3, 0.4) is 0 Å². The lowest BCUT2D eigenvalue weighted by molar-refractivity contribution is 0.511. The Bertz CT molecular complexity index is 635. The summed E-state index contributed by atoms with van der Waals surface area (Å²) in [6.07, 6.45) is 3.64. The van der Waals surface area contributed by atoms with Crippen molar-refractivity contribution >= 4 is 20.4 Å². The minimum absolute atomic E-state index is 0.187. The SMILES string of the molecule is CS(C)(OS(=O)(=O)c1ccccc1)c1ccccc1. The summed E-state index contributed by atoms with van der Waals surface area (Å²) in [5.74, 6) is 0. The molecule has 0 aliphatic rings. The third-order valence-electron chi connectivity index (χ3n) is 2.60. The van der Waals surface area contributed by atoms with Gasteiger partial charge in [0.1, 0.15) is 0 Å². The lowest BCUT2D eigenvalue weighted by atomic mass is 10.4. The van der Waals surface area contributed by atoms with E-state index in [0.29, 0.717) is 0 Å². The molecular formula is C14H16O3S2. The summed E-state index contributed by atoms with van der Waals surface area (Å²) in [7, 11) is -5.58. The van der Waals surface area contributed by atoms with Crippen molar-refractivity contribution < 1.29 is 12.0 Å². The van der Waals surface area contributed by atoms with Crippen LogP contribution in [0.4, 0.5) is 0 Å². The van der Waals surface area contributed by atoms with Gasteiger partial charge in [0.05, 0.1) is 4.90 Å². The van der Waals surface area contributed by atoms with Crippen LogP contribution >= 0.6 is 10.3 Å². The van der Waals surface area contributed by atoms with Crippen LogP contribution in [0.5, 0.6) is 0 Å². The summed E-state index contributed by atoms with van der Waals surface area (Å²) in [5.41, 5.74) is 0. The standard InChI is InChI=1S/C14H16O3S2/c1-18(2,13-9-5-3-6-10-13)17-19(15,16)14-11-7-4-8-12-14/h3-12H,1-2H3. The Morgan fingerprint density at radius 1 is 0.737 bits per heavy atom. The molecule has 2 rings (SSSR count). The largest absolute Gasteiger partial charge is 0.306 e. The molecule has 0 aliphatic heterocycles. The van der Waals surface area contributed by atoms with Crippen LogP contribution < -0.4 is 0 Å². The fraction of sp³-hybridized carbons (Fsp3) is 0.143. The van der Waals surface area contributed by atoms with Crippen LogP contribution in [-0.2, 0) is 13.7 Å². The van der Waals surface area contributed by atoms with Crippen LogP contribution in [0.25, 0.3) is 0 Å². The fourth-order valence-corrected chi connectivity index (χ4v) is 5.36. The molecule has 3 nitrogen and oxygen atoms in total. The maximum Gasteiger partial charge on any atom is 0.306 e. The highest BCUT2D eigenvalue weighted by Crippen LogP contribution is 2.52. The van der Waals surface area contributed by atoms with Crippen LogP contribution in [0, 0.1) is 0 Å². The fourth-order valence-electron chi connectivity index (χ4n) is 1.64. The first-order valence-corrected chi connectivity index (χ1v) is 9.50. The van der Waals surface area contributed by atoms with E-state index < -0.39 is 20.4 Å². The Labute approximate surface area is 115 Å². The zero-order valence-corrected chi connectivity index (χ0v) is 12.4. The van der Waals surface area contributed by atoms with Crippen molar-refractivity contribution in [2.24, 2.45) is 0 Å². The Morgan fingerprint density at radius 2 is 1.16 bits per heavy atom. The summed E-state index contributed by atoms with van der Waals surface area (Å²) in [4.78, 5) is 1.08. The normalized spacial score (nSPS) is 13.2. The Balaban J connectivity index is 2.31. The van der Waals surface area contributed by atoms with Crippen LogP contribution in [0.15, 0.2) is 70.5 Å². The molecule has 5 heteroatoms. The average Bonchev–Trinajstić information content (AvgIpc) is 2.40. The molecule has 0 atom stereocenters. The minimum atomic E-state index is -3.73. The van der Waals surface area contributed by atoms with Gasteiger partial charge in [-0.2, -0.15) is 8.42 Å². The average molecular weight is 296 g/mol. The Kier molecular flexibility index (Phi) is 3.99. The van der Waals surface area contributed by atoms with Gasteiger partial charge >= 0.3 is 10.1 Å². The topological polar surface area (TPSA) is 43.4 Å². The number of rotatable bonds is 4. The maximum absolute atomic E-state index is 12.2. The summed E-state index contributed by atoms with van der Waals surface area (Å²) in [6.45, 7) is 0. The van der Waals surface area contributed by atoms with Crippen molar-refractivity contribution in [3.8, 4) is 0 Å². The van der Waals surface area contributed by atoms with Gasteiger partial charge in [-0.3, -0.25) is 0 Å². The molecule has 0 radical (unpaired) electrons. The van der Waals surface area contributed by atoms with Gasteiger partial charge in [0.2, 0.25) is 0 Å². The van der Waals surface area contributed by atoms with Gasteiger partial charge < -0.3 is 0 Å². The molecule has 2 aromatic carbocycles. The van der Waals surface area contributed by atoms with E-state index in [4.69, 9.17) is 3.63 Å². The van der Waals surface area contributed by atoms with Crippen molar-refractivity contribution in [1.82, 2.24) is 0 Å². The van der Waals surface area contributed by atoms with E-state index in [1.165, 1.54) is 12.1 Å². The zero-order chi connectivity index (χ0) is 13.9.